The van der Waals surface area contributed by atoms with Gasteiger partial charge in [0.15, 0.2) is 5.69 Å². The van der Waals surface area contributed by atoms with Gasteiger partial charge in [0.1, 0.15) is 17.5 Å². The van der Waals surface area contributed by atoms with Crippen LogP contribution in [0, 0.1) is 6.92 Å². The van der Waals surface area contributed by atoms with E-state index in [2.05, 4.69) is 10.3 Å². The Hall–Kier alpha value is -2.37. The van der Waals surface area contributed by atoms with E-state index < -0.39 is 0 Å². The molecule has 0 aliphatic heterocycles. The monoisotopic (exact) mass is 329 g/mol. The number of esters is 1. The normalized spacial score (nSPS) is 15.2. The van der Waals surface area contributed by atoms with Gasteiger partial charge in [0.2, 0.25) is 0 Å². The second-order valence-electron chi connectivity index (χ2n) is 6.00. The molecule has 0 amide bonds. The van der Waals surface area contributed by atoms with Crippen LogP contribution in [0.4, 0.5) is 0 Å². The molecule has 2 aromatic rings. The average molecular weight is 329 g/mol. The number of aromatic nitrogens is 3. The van der Waals surface area contributed by atoms with E-state index in [-0.39, 0.29) is 17.8 Å². The number of hydrogen-bond donors (Lipinski definition) is 0. The molecular formula is C18H23N3O3. The van der Waals surface area contributed by atoms with Crippen molar-refractivity contribution in [3.63, 3.8) is 0 Å². The van der Waals surface area contributed by atoms with Crippen LogP contribution >= 0.6 is 0 Å². The summed E-state index contributed by atoms with van der Waals surface area (Å²) in [5, 5.41) is 8.17. The van der Waals surface area contributed by atoms with E-state index in [0.717, 1.165) is 31.4 Å². The highest BCUT2D eigenvalue weighted by molar-refractivity contribution is 5.88. The molecule has 0 unspecified atom stereocenters. The SMILES string of the molecule is CCOc1ccccc1-n1nnc(C(=O)OC2CCCCC2)c1C. The number of nitrogens with zero attached hydrogens (tertiary/aromatic N) is 3. The molecule has 1 aliphatic carbocycles. The van der Waals surface area contributed by atoms with E-state index in [4.69, 9.17) is 9.47 Å². The lowest BCUT2D eigenvalue weighted by Gasteiger charge is -2.21. The van der Waals surface area contributed by atoms with E-state index in [1.54, 1.807) is 4.68 Å². The van der Waals surface area contributed by atoms with Crippen molar-refractivity contribution in [1.29, 1.82) is 0 Å². The van der Waals surface area contributed by atoms with Crippen LogP contribution in [0.15, 0.2) is 24.3 Å². The third-order valence-corrected chi connectivity index (χ3v) is 4.31. The van der Waals surface area contributed by atoms with Gasteiger partial charge in [0.05, 0.1) is 12.3 Å². The van der Waals surface area contributed by atoms with Crippen molar-refractivity contribution < 1.29 is 14.3 Å². The minimum absolute atomic E-state index is 0.00603. The third kappa shape index (κ3) is 3.42. The Kier molecular flexibility index (Phi) is 5.13. The zero-order valence-electron chi connectivity index (χ0n) is 14.2. The van der Waals surface area contributed by atoms with E-state index >= 15 is 0 Å². The minimum atomic E-state index is -0.389. The molecule has 0 saturated heterocycles. The number of ether oxygens (including phenoxy) is 2. The highest BCUT2D eigenvalue weighted by atomic mass is 16.5. The van der Waals surface area contributed by atoms with E-state index in [1.807, 2.05) is 38.1 Å². The lowest BCUT2D eigenvalue weighted by molar-refractivity contribution is 0.0203. The standard InChI is InChI=1S/C18H23N3O3/c1-3-23-16-12-8-7-11-15(16)21-13(2)17(19-20-21)18(22)24-14-9-5-4-6-10-14/h7-8,11-12,14H,3-6,9-10H2,1-2H3. The molecule has 24 heavy (non-hydrogen) atoms. The molecule has 1 aromatic carbocycles. The van der Waals surface area contributed by atoms with E-state index in [0.29, 0.717) is 18.1 Å². The van der Waals surface area contributed by atoms with Crippen molar-refractivity contribution >= 4 is 5.97 Å². The smallest absolute Gasteiger partial charge is 0.361 e. The predicted molar refractivity (Wildman–Crippen MR) is 89.6 cm³/mol. The zero-order valence-corrected chi connectivity index (χ0v) is 14.2. The molecule has 0 spiro atoms. The van der Waals surface area contributed by atoms with Gasteiger partial charge in [-0.2, -0.15) is 0 Å². The van der Waals surface area contributed by atoms with Gasteiger partial charge in [0, 0.05) is 0 Å². The molecule has 0 atom stereocenters. The first kappa shape index (κ1) is 16.5. The number of hydrogen-bond acceptors (Lipinski definition) is 5. The Morgan fingerprint density at radius 2 is 2.00 bits per heavy atom. The van der Waals surface area contributed by atoms with Crippen molar-refractivity contribution in [3.8, 4) is 11.4 Å². The highest BCUT2D eigenvalue weighted by Gasteiger charge is 2.24. The molecule has 128 valence electrons. The van der Waals surface area contributed by atoms with Crippen LogP contribution in [0.1, 0.15) is 55.2 Å². The largest absolute Gasteiger partial charge is 0.492 e. The fourth-order valence-corrected chi connectivity index (χ4v) is 3.05. The average Bonchev–Trinajstić information content (AvgIpc) is 2.98. The lowest BCUT2D eigenvalue weighted by atomic mass is 9.98. The van der Waals surface area contributed by atoms with Crippen LogP contribution in [-0.4, -0.2) is 33.7 Å². The molecule has 1 aromatic heterocycles. The first-order valence-electron chi connectivity index (χ1n) is 8.56. The zero-order chi connectivity index (χ0) is 16.9. The third-order valence-electron chi connectivity index (χ3n) is 4.31. The number of benzene rings is 1. The first-order valence-corrected chi connectivity index (χ1v) is 8.56. The summed E-state index contributed by atoms with van der Waals surface area (Å²) in [6.45, 7) is 4.31. The second kappa shape index (κ2) is 7.47. The van der Waals surface area contributed by atoms with E-state index in [9.17, 15) is 4.79 Å². The Bertz CT molecular complexity index is 705. The fraction of sp³-hybridized carbons (Fsp3) is 0.500. The summed E-state index contributed by atoms with van der Waals surface area (Å²) < 4.78 is 12.9. The van der Waals surface area contributed by atoms with Gasteiger partial charge in [0.25, 0.3) is 0 Å². The van der Waals surface area contributed by atoms with E-state index in [1.165, 1.54) is 6.42 Å². The van der Waals surface area contributed by atoms with Crippen LogP contribution in [-0.2, 0) is 4.74 Å². The highest BCUT2D eigenvalue weighted by Crippen LogP contribution is 2.25. The van der Waals surface area contributed by atoms with Crippen LogP contribution in [0.25, 0.3) is 5.69 Å². The molecule has 1 aliphatic rings. The Balaban J connectivity index is 1.82. The molecule has 0 N–H and O–H groups in total. The minimum Gasteiger partial charge on any atom is -0.492 e. The quantitative estimate of drug-likeness (QED) is 0.786. The first-order chi connectivity index (χ1) is 11.7. The van der Waals surface area contributed by atoms with Gasteiger partial charge in [-0.25, -0.2) is 9.48 Å². The molecule has 0 bridgehead atoms. The summed E-state index contributed by atoms with van der Waals surface area (Å²) >= 11 is 0. The number of para-hydroxylation sites is 2. The summed E-state index contributed by atoms with van der Waals surface area (Å²) in [6, 6.07) is 7.57. The lowest BCUT2D eigenvalue weighted by Crippen LogP contribution is -2.21. The number of carbonyl (C=O) groups excluding carboxylic acids is 1. The summed E-state index contributed by atoms with van der Waals surface area (Å²) in [5.74, 6) is 0.319. The predicted octanol–water partition coefficient (Wildman–Crippen LogP) is 3.46. The molecule has 6 heteroatoms. The topological polar surface area (TPSA) is 66.2 Å². The Morgan fingerprint density at radius 3 is 2.75 bits per heavy atom. The second-order valence-corrected chi connectivity index (χ2v) is 6.00. The molecule has 1 heterocycles. The van der Waals surface area contributed by atoms with Gasteiger partial charge < -0.3 is 9.47 Å². The van der Waals surface area contributed by atoms with Crippen molar-refractivity contribution in [2.24, 2.45) is 0 Å². The number of rotatable bonds is 5. The van der Waals surface area contributed by atoms with Crippen molar-refractivity contribution in [2.45, 2.75) is 52.1 Å². The van der Waals surface area contributed by atoms with Crippen LogP contribution in [0.2, 0.25) is 0 Å². The summed E-state index contributed by atoms with van der Waals surface area (Å²) in [4.78, 5) is 12.4. The maximum Gasteiger partial charge on any atom is 0.361 e. The Morgan fingerprint density at radius 1 is 1.25 bits per heavy atom. The fourth-order valence-electron chi connectivity index (χ4n) is 3.05. The van der Waals surface area contributed by atoms with Crippen LogP contribution in [0.5, 0.6) is 5.75 Å². The van der Waals surface area contributed by atoms with Gasteiger partial charge in [-0.15, -0.1) is 5.10 Å². The van der Waals surface area contributed by atoms with Crippen LogP contribution in [0.3, 0.4) is 0 Å². The van der Waals surface area contributed by atoms with Crippen molar-refractivity contribution in [3.05, 3.63) is 35.7 Å². The van der Waals surface area contributed by atoms with Gasteiger partial charge in [-0.1, -0.05) is 23.8 Å². The molecule has 1 fully saturated rings. The number of carbonyl (C=O) groups is 1. The van der Waals surface area contributed by atoms with Crippen LogP contribution < -0.4 is 4.74 Å². The maximum atomic E-state index is 12.4. The Labute approximate surface area is 141 Å². The molecule has 0 radical (unpaired) electrons. The van der Waals surface area contributed by atoms with Gasteiger partial charge >= 0.3 is 5.97 Å². The molecule has 3 rings (SSSR count). The molecular weight excluding hydrogens is 306 g/mol. The summed E-state index contributed by atoms with van der Waals surface area (Å²) in [6.07, 6.45) is 5.33. The van der Waals surface area contributed by atoms with Crippen molar-refractivity contribution in [2.75, 3.05) is 6.61 Å². The molecule has 6 nitrogen and oxygen atoms in total. The molecule has 1 saturated carbocycles. The van der Waals surface area contributed by atoms with Gasteiger partial charge in [-0.05, 0) is 51.7 Å². The summed E-state index contributed by atoms with van der Waals surface area (Å²) in [7, 11) is 0. The summed E-state index contributed by atoms with van der Waals surface area (Å²) in [5.41, 5.74) is 1.69. The van der Waals surface area contributed by atoms with Gasteiger partial charge in [-0.3, -0.25) is 0 Å². The van der Waals surface area contributed by atoms with Crippen molar-refractivity contribution in [1.82, 2.24) is 15.0 Å². The maximum absolute atomic E-state index is 12.4.